The Bertz CT molecular complexity index is 830. The maximum Gasteiger partial charge on any atom is 0.240 e. The van der Waals surface area contributed by atoms with E-state index in [-0.39, 0.29) is 0 Å². The molecule has 1 aromatic heterocycles. The van der Waals surface area contributed by atoms with Gasteiger partial charge in [-0.05, 0) is 30.2 Å². The van der Waals surface area contributed by atoms with Crippen molar-refractivity contribution in [2.24, 2.45) is 5.10 Å². The molecule has 1 heterocycles. The molecule has 0 spiro atoms. The van der Waals surface area contributed by atoms with Crippen molar-refractivity contribution in [2.75, 3.05) is 12.5 Å². The van der Waals surface area contributed by atoms with Gasteiger partial charge in [0.15, 0.2) is 0 Å². The summed E-state index contributed by atoms with van der Waals surface area (Å²) in [5, 5.41) is 12.0. The van der Waals surface area contributed by atoms with Crippen LogP contribution in [0.25, 0.3) is 0 Å². The largest absolute Gasteiger partial charge is 0.497 e. The molecular weight excluding hydrogens is 334 g/mol. The number of hydrogen-bond acceptors (Lipinski definition) is 6. The van der Waals surface area contributed by atoms with Crippen LogP contribution in [0, 0.1) is 0 Å². The number of H-pyrrole nitrogens is 1. The molecule has 0 aliphatic rings. The Morgan fingerprint density at radius 1 is 1.16 bits per heavy atom. The van der Waals surface area contributed by atoms with E-state index >= 15 is 0 Å². The summed E-state index contributed by atoms with van der Waals surface area (Å²) >= 11 is 1.56. The number of aromatic amines is 1. The number of benzene rings is 2. The van der Waals surface area contributed by atoms with Crippen molar-refractivity contribution in [2.45, 2.75) is 17.8 Å². The summed E-state index contributed by atoms with van der Waals surface area (Å²) in [6.45, 7) is 1.94. The maximum absolute atomic E-state index is 5.16. The second-order valence-electron chi connectivity index (χ2n) is 5.28. The van der Waals surface area contributed by atoms with Crippen LogP contribution in [0.15, 0.2) is 64.9 Å². The van der Waals surface area contributed by atoms with E-state index in [9.17, 15) is 0 Å². The van der Waals surface area contributed by atoms with Crippen molar-refractivity contribution in [3.63, 3.8) is 0 Å². The molecule has 0 radical (unpaired) electrons. The summed E-state index contributed by atoms with van der Waals surface area (Å²) in [4.78, 5) is 4.38. The van der Waals surface area contributed by atoms with Crippen LogP contribution in [0.2, 0.25) is 0 Å². The fourth-order valence-electron chi connectivity index (χ4n) is 2.11. The third kappa shape index (κ3) is 4.84. The van der Waals surface area contributed by atoms with Crippen LogP contribution in [0.1, 0.15) is 18.1 Å². The van der Waals surface area contributed by atoms with Crippen molar-refractivity contribution in [1.29, 1.82) is 0 Å². The first kappa shape index (κ1) is 17.0. The lowest BCUT2D eigenvalue weighted by molar-refractivity contribution is 0.414. The first-order valence-electron chi connectivity index (χ1n) is 7.78. The Kier molecular flexibility index (Phi) is 5.69. The molecule has 2 aromatic carbocycles. The van der Waals surface area contributed by atoms with Gasteiger partial charge in [0.1, 0.15) is 5.75 Å². The summed E-state index contributed by atoms with van der Waals surface area (Å²) in [6.07, 6.45) is 0. The maximum atomic E-state index is 5.16. The number of methoxy groups -OCH3 is 1. The monoisotopic (exact) mass is 353 g/mol. The Morgan fingerprint density at radius 2 is 1.92 bits per heavy atom. The second-order valence-corrected chi connectivity index (χ2v) is 6.22. The Morgan fingerprint density at radius 3 is 2.64 bits per heavy atom. The second kappa shape index (κ2) is 8.34. The number of aromatic nitrogens is 3. The van der Waals surface area contributed by atoms with Crippen LogP contribution >= 0.6 is 11.8 Å². The van der Waals surface area contributed by atoms with Gasteiger partial charge in [-0.15, -0.1) is 5.10 Å². The minimum atomic E-state index is 0.521. The number of nitrogens with one attached hydrogen (secondary N) is 2. The first-order chi connectivity index (χ1) is 12.2. The first-order valence-corrected chi connectivity index (χ1v) is 8.77. The highest BCUT2D eigenvalue weighted by Gasteiger charge is 2.04. The molecule has 0 bridgehead atoms. The number of hydrogen-bond donors (Lipinski definition) is 2. The van der Waals surface area contributed by atoms with Gasteiger partial charge in [-0.1, -0.05) is 54.2 Å². The standard InChI is InChI=1S/C18H19N5OS/c1-13(15-6-4-3-5-7-15)20-21-17-19-18(23-22-17)25-12-14-8-10-16(24-2)11-9-14/h3-11H,12H2,1-2H3,(H2,19,21,22,23)/b20-13+. The topological polar surface area (TPSA) is 75.2 Å². The predicted octanol–water partition coefficient (Wildman–Crippen LogP) is 3.94. The van der Waals surface area contributed by atoms with E-state index in [1.807, 2.05) is 61.5 Å². The number of nitrogens with zero attached hydrogens (tertiary/aromatic N) is 3. The zero-order chi connectivity index (χ0) is 17.5. The molecule has 2 N–H and O–H groups in total. The average molecular weight is 353 g/mol. The van der Waals surface area contributed by atoms with Gasteiger partial charge < -0.3 is 4.74 Å². The molecule has 0 aliphatic carbocycles. The van der Waals surface area contributed by atoms with Crippen LogP contribution in [0.4, 0.5) is 5.95 Å². The van der Waals surface area contributed by atoms with Crippen LogP contribution in [0.3, 0.4) is 0 Å². The molecule has 25 heavy (non-hydrogen) atoms. The smallest absolute Gasteiger partial charge is 0.240 e. The minimum absolute atomic E-state index is 0.521. The molecule has 0 atom stereocenters. The molecule has 0 amide bonds. The fourth-order valence-corrected chi connectivity index (χ4v) is 2.87. The predicted molar refractivity (Wildman–Crippen MR) is 101 cm³/mol. The van der Waals surface area contributed by atoms with Gasteiger partial charge in [0, 0.05) is 5.75 Å². The molecule has 3 aromatic rings. The quantitative estimate of drug-likeness (QED) is 0.382. The summed E-state index contributed by atoms with van der Waals surface area (Å²) in [5.41, 5.74) is 6.03. The highest BCUT2D eigenvalue weighted by Crippen LogP contribution is 2.21. The van der Waals surface area contributed by atoms with Crippen molar-refractivity contribution in [1.82, 2.24) is 15.2 Å². The van der Waals surface area contributed by atoms with Crippen LogP contribution in [-0.2, 0) is 5.75 Å². The van der Waals surface area contributed by atoms with Crippen LogP contribution in [0.5, 0.6) is 5.75 Å². The van der Waals surface area contributed by atoms with Crippen molar-refractivity contribution < 1.29 is 4.74 Å². The highest BCUT2D eigenvalue weighted by molar-refractivity contribution is 7.98. The summed E-state index contributed by atoms with van der Waals surface area (Å²) < 4.78 is 5.16. The highest BCUT2D eigenvalue weighted by atomic mass is 32.2. The Hall–Kier alpha value is -2.80. The van der Waals surface area contributed by atoms with Crippen molar-refractivity contribution in [3.05, 3.63) is 65.7 Å². The van der Waals surface area contributed by atoms with E-state index in [0.717, 1.165) is 22.8 Å². The van der Waals surface area contributed by atoms with Gasteiger partial charge in [0.05, 0.1) is 12.8 Å². The van der Waals surface area contributed by atoms with E-state index in [1.165, 1.54) is 5.56 Å². The molecule has 0 unspecified atom stereocenters. The molecule has 0 saturated heterocycles. The van der Waals surface area contributed by atoms with Gasteiger partial charge in [-0.3, -0.25) is 0 Å². The summed E-state index contributed by atoms with van der Waals surface area (Å²) in [7, 11) is 1.66. The molecule has 128 valence electrons. The van der Waals surface area contributed by atoms with Crippen LogP contribution in [-0.4, -0.2) is 28.0 Å². The molecular formula is C18H19N5OS. The molecule has 7 heteroatoms. The number of anilines is 1. The van der Waals surface area contributed by atoms with Gasteiger partial charge in [-0.25, -0.2) is 10.5 Å². The van der Waals surface area contributed by atoms with E-state index in [2.05, 4.69) is 25.7 Å². The molecule has 0 aliphatic heterocycles. The number of ether oxygens (including phenoxy) is 1. The summed E-state index contributed by atoms with van der Waals surface area (Å²) in [6, 6.07) is 17.9. The van der Waals surface area contributed by atoms with Gasteiger partial charge in [-0.2, -0.15) is 10.1 Å². The lowest BCUT2D eigenvalue weighted by Crippen LogP contribution is -2.00. The van der Waals surface area contributed by atoms with Gasteiger partial charge in [0.25, 0.3) is 0 Å². The molecule has 0 saturated carbocycles. The number of thioether (sulfide) groups is 1. The van der Waals surface area contributed by atoms with Crippen molar-refractivity contribution in [3.8, 4) is 5.75 Å². The molecule has 0 fully saturated rings. The number of rotatable bonds is 7. The number of hydrazone groups is 1. The van der Waals surface area contributed by atoms with E-state index in [1.54, 1.807) is 18.9 Å². The fraction of sp³-hybridized carbons (Fsp3) is 0.167. The van der Waals surface area contributed by atoms with Gasteiger partial charge >= 0.3 is 0 Å². The molecule has 6 nitrogen and oxygen atoms in total. The zero-order valence-corrected chi connectivity index (χ0v) is 14.9. The Labute approximate surface area is 150 Å². The Balaban J connectivity index is 1.55. The normalized spacial score (nSPS) is 11.4. The van der Waals surface area contributed by atoms with Crippen molar-refractivity contribution >= 4 is 23.4 Å². The third-order valence-corrected chi connectivity index (χ3v) is 4.43. The lowest BCUT2D eigenvalue weighted by atomic mass is 10.1. The summed E-state index contributed by atoms with van der Waals surface area (Å²) in [5.74, 6) is 2.16. The van der Waals surface area contributed by atoms with E-state index in [0.29, 0.717) is 11.1 Å². The van der Waals surface area contributed by atoms with E-state index in [4.69, 9.17) is 4.74 Å². The SMILES string of the molecule is COc1ccc(CSc2n[nH]c(N/N=C(\C)c3ccccc3)n2)cc1. The lowest BCUT2D eigenvalue weighted by Gasteiger charge is -2.01. The van der Waals surface area contributed by atoms with Gasteiger partial charge in [0.2, 0.25) is 11.1 Å². The van der Waals surface area contributed by atoms with Crippen LogP contribution < -0.4 is 10.2 Å². The average Bonchev–Trinajstić information content (AvgIpc) is 3.13. The van der Waals surface area contributed by atoms with E-state index < -0.39 is 0 Å². The minimum Gasteiger partial charge on any atom is -0.497 e. The third-order valence-electron chi connectivity index (χ3n) is 3.51. The molecule has 3 rings (SSSR count). The zero-order valence-electron chi connectivity index (χ0n) is 14.1.